The van der Waals surface area contributed by atoms with Crippen LogP contribution < -0.4 is 9.80 Å². The van der Waals surface area contributed by atoms with Crippen LogP contribution in [-0.4, -0.2) is 52.2 Å². The molecule has 2 bridgehead atoms. The highest BCUT2D eigenvalue weighted by atomic mass is 19.1. The van der Waals surface area contributed by atoms with Crippen LogP contribution in [0, 0.1) is 5.82 Å². The molecule has 1 unspecified atom stereocenters. The Labute approximate surface area is 200 Å². The van der Waals surface area contributed by atoms with E-state index < -0.39 is 0 Å². The van der Waals surface area contributed by atoms with Crippen molar-refractivity contribution in [3.8, 4) is 0 Å². The fourth-order valence-electron chi connectivity index (χ4n) is 5.71. The average molecular weight is 461 g/mol. The number of hydrogen-bond donors (Lipinski definition) is 0. The van der Waals surface area contributed by atoms with Gasteiger partial charge in [-0.3, -0.25) is 0 Å². The average Bonchev–Trinajstić information content (AvgIpc) is 3.24. The fourth-order valence-corrected chi connectivity index (χ4v) is 5.71. The summed E-state index contributed by atoms with van der Waals surface area (Å²) in [6.07, 6.45) is 6.36. The summed E-state index contributed by atoms with van der Waals surface area (Å²) in [5, 5.41) is 5.13. The predicted octanol–water partition coefficient (Wildman–Crippen LogP) is 5.05. The van der Waals surface area contributed by atoms with Crippen LogP contribution in [0.1, 0.15) is 61.9 Å². The molecule has 34 heavy (non-hydrogen) atoms. The Morgan fingerprint density at radius 3 is 2.71 bits per heavy atom. The van der Waals surface area contributed by atoms with Crippen LogP contribution in [-0.2, 0) is 6.42 Å². The summed E-state index contributed by atoms with van der Waals surface area (Å²) in [5.41, 5.74) is 4.97. The van der Waals surface area contributed by atoms with Crippen molar-refractivity contribution in [1.82, 2.24) is 19.5 Å². The first-order chi connectivity index (χ1) is 16.6. The Hall–Kier alpha value is -3.09. The Morgan fingerprint density at radius 2 is 1.91 bits per heavy atom. The monoisotopic (exact) mass is 460 g/mol. The van der Waals surface area contributed by atoms with Gasteiger partial charge in [-0.2, -0.15) is 9.61 Å². The normalized spacial score (nSPS) is 20.9. The summed E-state index contributed by atoms with van der Waals surface area (Å²) < 4.78 is 16.4. The van der Waals surface area contributed by atoms with Crippen molar-refractivity contribution in [2.75, 3.05) is 42.5 Å². The lowest BCUT2D eigenvalue weighted by molar-refractivity contribution is 0.226. The molecule has 7 heteroatoms. The maximum atomic E-state index is 14.3. The summed E-state index contributed by atoms with van der Waals surface area (Å²) in [7, 11) is 0. The van der Waals surface area contributed by atoms with E-state index in [1.807, 2.05) is 10.6 Å². The first-order valence-corrected chi connectivity index (χ1v) is 12.8. The second-order valence-corrected chi connectivity index (χ2v) is 9.79. The van der Waals surface area contributed by atoms with Crippen LogP contribution in [0.4, 0.5) is 16.0 Å². The van der Waals surface area contributed by atoms with Crippen molar-refractivity contribution < 1.29 is 4.39 Å². The van der Waals surface area contributed by atoms with Gasteiger partial charge in [0.05, 0.1) is 11.7 Å². The third-order valence-corrected chi connectivity index (χ3v) is 7.75. The summed E-state index contributed by atoms with van der Waals surface area (Å²) in [5.74, 6) is 1.96. The topological polar surface area (TPSA) is 39.9 Å². The van der Waals surface area contributed by atoms with Crippen molar-refractivity contribution in [1.29, 1.82) is 0 Å². The molecule has 5 heterocycles. The predicted molar refractivity (Wildman–Crippen MR) is 135 cm³/mol. The number of halogens is 1. The molecule has 3 aromatic rings. The molecule has 2 saturated heterocycles. The molecule has 0 radical (unpaired) electrons. The lowest BCUT2D eigenvalue weighted by Crippen LogP contribution is -2.38. The molecular formula is C27H33FN6. The molecule has 0 spiro atoms. The maximum absolute atomic E-state index is 14.3. The van der Waals surface area contributed by atoms with E-state index in [0.29, 0.717) is 0 Å². The summed E-state index contributed by atoms with van der Waals surface area (Å²) in [4.78, 5) is 12.1. The number of aryl methyl sites for hydroxylation is 1. The van der Waals surface area contributed by atoms with Gasteiger partial charge < -0.3 is 14.7 Å². The van der Waals surface area contributed by atoms with Crippen molar-refractivity contribution >= 4 is 23.0 Å². The van der Waals surface area contributed by atoms with Crippen LogP contribution in [0.25, 0.3) is 11.3 Å². The van der Waals surface area contributed by atoms with Gasteiger partial charge >= 0.3 is 0 Å². The number of nitrogens with zero attached hydrogens (tertiary/aromatic N) is 6. The van der Waals surface area contributed by atoms with E-state index in [-0.39, 0.29) is 11.9 Å². The number of piperidine rings is 1. The summed E-state index contributed by atoms with van der Waals surface area (Å²) in [6, 6.07) is 9.70. The zero-order valence-corrected chi connectivity index (χ0v) is 20.0. The molecule has 0 saturated carbocycles. The Balaban J connectivity index is 1.51. The largest absolute Gasteiger partial charge is 0.363 e. The standard InChI is InChI=1S/C27H33FN6/c1-3-31-12-6-8-20-10-11-21(28)16-22(20)19(2)33-15-5-4-9-24(33)23-17-26-29-25(32-13-7-14-32)18-27(31)34(26)30-23/h10-11,16-18,24H,2-9,12-15H2,1H3. The first-order valence-electron chi connectivity index (χ1n) is 12.8. The van der Waals surface area contributed by atoms with Gasteiger partial charge in [0.1, 0.15) is 17.5 Å². The summed E-state index contributed by atoms with van der Waals surface area (Å²) in [6.45, 7) is 11.5. The van der Waals surface area contributed by atoms with E-state index in [9.17, 15) is 4.39 Å². The zero-order valence-electron chi connectivity index (χ0n) is 20.0. The molecule has 6 nitrogen and oxygen atoms in total. The van der Waals surface area contributed by atoms with Crippen molar-refractivity contribution in [2.24, 2.45) is 0 Å². The number of rotatable bonds is 2. The molecule has 3 aliphatic rings. The van der Waals surface area contributed by atoms with Gasteiger partial charge in [0, 0.05) is 56.1 Å². The molecule has 0 amide bonds. The maximum Gasteiger partial charge on any atom is 0.160 e. The van der Waals surface area contributed by atoms with Gasteiger partial charge in [0.25, 0.3) is 0 Å². The third kappa shape index (κ3) is 3.62. The van der Waals surface area contributed by atoms with E-state index in [0.717, 1.165) is 99.1 Å². The van der Waals surface area contributed by atoms with Gasteiger partial charge in [-0.25, -0.2) is 9.37 Å². The number of fused-ring (bicyclic) bond motifs is 4. The highest BCUT2D eigenvalue weighted by Gasteiger charge is 2.30. The van der Waals surface area contributed by atoms with Gasteiger partial charge in [-0.05, 0) is 63.1 Å². The lowest BCUT2D eigenvalue weighted by Gasteiger charge is -2.38. The number of hydrogen-bond acceptors (Lipinski definition) is 5. The SMILES string of the molecule is C=C1c2cc(F)ccc2CCCN(CC)c2cc(N3CCC3)nc3cc(nn23)C2CCCCN12. The molecule has 0 N–H and O–H groups in total. The third-order valence-electron chi connectivity index (χ3n) is 7.75. The van der Waals surface area contributed by atoms with Crippen LogP contribution >= 0.6 is 0 Å². The minimum absolute atomic E-state index is 0.121. The Kier molecular flexibility index (Phi) is 5.42. The van der Waals surface area contributed by atoms with E-state index >= 15 is 0 Å². The highest BCUT2D eigenvalue weighted by Crippen LogP contribution is 2.38. The highest BCUT2D eigenvalue weighted by molar-refractivity contribution is 5.66. The van der Waals surface area contributed by atoms with Crippen molar-refractivity contribution in [3.05, 3.63) is 59.5 Å². The minimum Gasteiger partial charge on any atom is -0.363 e. The van der Waals surface area contributed by atoms with Crippen molar-refractivity contribution in [3.63, 3.8) is 0 Å². The van der Waals surface area contributed by atoms with E-state index in [1.54, 1.807) is 12.1 Å². The molecule has 1 aromatic carbocycles. The van der Waals surface area contributed by atoms with Crippen LogP contribution in [0.5, 0.6) is 0 Å². The van der Waals surface area contributed by atoms with Gasteiger partial charge in [-0.15, -0.1) is 0 Å². The Bertz CT molecular complexity index is 1230. The van der Waals surface area contributed by atoms with E-state index in [2.05, 4.69) is 40.3 Å². The second-order valence-electron chi connectivity index (χ2n) is 9.79. The molecule has 0 aliphatic carbocycles. The second kappa shape index (κ2) is 8.60. The first kappa shape index (κ1) is 21.4. The van der Waals surface area contributed by atoms with Gasteiger partial charge in [0.15, 0.2) is 5.65 Å². The molecule has 2 aromatic heterocycles. The smallest absolute Gasteiger partial charge is 0.160 e. The van der Waals surface area contributed by atoms with E-state index in [4.69, 9.17) is 10.1 Å². The van der Waals surface area contributed by atoms with E-state index in [1.165, 1.54) is 12.0 Å². The molecule has 3 aliphatic heterocycles. The molecular weight excluding hydrogens is 427 g/mol. The molecule has 178 valence electrons. The molecule has 1 atom stereocenters. The fraction of sp³-hybridized carbons (Fsp3) is 0.481. The molecule has 2 fully saturated rings. The van der Waals surface area contributed by atoms with Crippen LogP contribution in [0.15, 0.2) is 36.9 Å². The Morgan fingerprint density at radius 1 is 1.03 bits per heavy atom. The van der Waals surface area contributed by atoms with Gasteiger partial charge in [0.2, 0.25) is 0 Å². The zero-order chi connectivity index (χ0) is 23.2. The van der Waals surface area contributed by atoms with Crippen LogP contribution in [0.2, 0.25) is 0 Å². The number of anilines is 2. The van der Waals surface area contributed by atoms with Gasteiger partial charge in [-0.1, -0.05) is 12.6 Å². The lowest BCUT2D eigenvalue weighted by atomic mass is 9.94. The van der Waals surface area contributed by atoms with Crippen molar-refractivity contribution in [2.45, 2.75) is 51.5 Å². The van der Waals surface area contributed by atoms with Crippen LogP contribution in [0.3, 0.4) is 0 Å². The quantitative estimate of drug-likeness (QED) is 0.535. The minimum atomic E-state index is -0.202. The number of aromatic nitrogens is 3. The number of benzene rings is 1. The summed E-state index contributed by atoms with van der Waals surface area (Å²) >= 11 is 0. The molecule has 6 rings (SSSR count).